The van der Waals surface area contributed by atoms with Crippen LogP contribution in [-0.4, -0.2) is 54.8 Å². The summed E-state index contributed by atoms with van der Waals surface area (Å²) >= 11 is 0. The molecular weight excluding hydrogens is 495 g/mol. The van der Waals surface area contributed by atoms with Gasteiger partial charge in [0, 0.05) is 38.1 Å². The lowest BCUT2D eigenvalue weighted by Gasteiger charge is -2.31. The summed E-state index contributed by atoms with van der Waals surface area (Å²) in [6, 6.07) is 6.70. The van der Waals surface area contributed by atoms with Crippen LogP contribution in [0.4, 0.5) is 4.39 Å². The quantitative estimate of drug-likeness (QED) is 0.484. The van der Waals surface area contributed by atoms with E-state index in [1.54, 1.807) is 19.1 Å². The predicted octanol–water partition coefficient (Wildman–Crippen LogP) is 4.02. The number of methoxy groups -OCH3 is 1. The normalized spacial score (nSPS) is 21.9. The molecule has 3 rings (SSSR count). The molecule has 1 aromatic heterocycles. The summed E-state index contributed by atoms with van der Waals surface area (Å²) in [6.45, 7) is 5.31. The summed E-state index contributed by atoms with van der Waals surface area (Å²) in [7, 11) is 1.37. The van der Waals surface area contributed by atoms with E-state index >= 15 is 0 Å². The summed E-state index contributed by atoms with van der Waals surface area (Å²) < 4.78 is 35.9. The number of halogens is 1. The molecule has 0 spiro atoms. The standard InChI is InChI=1S/C28H35FN2O7/c1-5-6-7-23-21(16-19-8-10-20(29)11-9-19)17(2)37-28(34)22(13-15-36-23)31-27(33)25-26(38-18(3)32)24(35-4)12-14-30-25/h8-12,14,17,21-23H,5-7,13,15-16H2,1-4H3,(H,31,33)/t17-,21-,22-,23+/m0/s1. The van der Waals surface area contributed by atoms with Crippen LogP contribution in [0.2, 0.25) is 0 Å². The van der Waals surface area contributed by atoms with Gasteiger partial charge in [-0.25, -0.2) is 14.2 Å². The molecule has 1 aromatic carbocycles. The molecule has 1 saturated heterocycles. The van der Waals surface area contributed by atoms with Gasteiger partial charge >= 0.3 is 11.9 Å². The maximum Gasteiger partial charge on any atom is 0.329 e. The Kier molecular flexibility index (Phi) is 10.6. The molecule has 1 aliphatic rings. The zero-order chi connectivity index (χ0) is 27.7. The number of amides is 1. The second kappa shape index (κ2) is 13.9. The molecule has 4 atom stereocenters. The van der Waals surface area contributed by atoms with Crippen LogP contribution in [-0.2, 0) is 25.5 Å². The maximum absolute atomic E-state index is 13.4. The van der Waals surface area contributed by atoms with Crippen molar-refractivity contribution in [2.24, 2.45) is 5.92 Å². The zero-order valence-electron chi connectivity index (χ0n) is 22.2. The molecule has 1 aliphatic heterocycles. The molecule has 1 fully saturated rings. The van der Waals surface area contributed by atoms with E-state index in [9.17, 15) is 18.8 Å². The number of pyridine rings is 1. The minimum Gasteiger partial charge on any atom is -0.493 e. The van der Waals surface area contributed by atoms with E-state index in [-0.39, 0.29) is 48.1 Å². The fourth-order valence-corrected chi connectivity index (χ4v) is 4.48. The zero-order valence-corrected chi connectivity index (χ0v) is 22.2. The van der Waals surface area contributed by atoms with E-state index < -0.39 is 30.0 Å². The van der Waals surface area contributed by atoms with E-state index in [1.165, 1.54) is 38.4 Å². The average molecular weight is 531 g/mol. The van der Waals surface area contributed by atoms with Crippen LogP contribution < -0.4 is 14.8 Å². The number of esters is 2. The molecule has 0 aliphatic carbocycles. The largest absolute Gasteiger partial charge is 0.493 e. The van der Waals surface area contributed by atoms with Crippen LogP contribution in [0.5, 0.6) is 11.5 Å². The van der Waals surface area contributed by atoms with Crippen molar-refractivity contribution >= 4 is 17.8 Å². The molecule has 0 radical (unpaired) electrons. The molecule has 10 heteroatoms. The second-order valence-electron chi connectivity index (χ2n) is 9.29. The first-order valence-corrected chi connectivity index (χ1v) is 12.8. The van der Waals surface area contributed by atoms with Crippen molar-refractivity contribution in [1.82, 2.24) is 10.3 Å². The first-order chi connectivity index (χ1) is 18.2. The number of cyclic esters (lactones) is 1. The van der Waals surface area contributed by atoms with Gasteiger partial charge < -0.3 is 24.3 Å². The smallest absolute Gasteiger partial charge is 0.329 e. The van der Waals surface area contributed by atoms with Gasteiger partial charge in [-0.3, -0.25) is 9.59 Å². The van der Waals surface area contributed by atoms with Gasteiger partial charge in [0.05, 0.1) is 13.2 Å². The average Bonchev–Trinajstić information content (AvgIpc) is 2.93. The van der Waals surface area contributed by atoms with Crippen molar-refractivity contribution in [2.45, 2.75) is 71.1 Å². The summed E-state index contributed by atoms with van der Waals surface area (Å²) in [6.07, 6.45) is 4.04. The van der Waals surface area contributed by atoms with Gasteiger partial charge in [0.15, 0.2) is 11.4 Å². The highest BCUT2D eigenvalue weighted by molar-refractivity contribution is 5.98. The Bertz CT molecular complexity index is 1110. The van der Waals surface area contributed by atoms with Gasteiger partial charge in [-0.05, 0) is 37.5 Å². The molecule has 0 unspecified atom stereocenters. The number of nitrogens with zero attached hydrogens (tertiary/aromatic N) is 1. The Morgan fingerprint density at radius 2 is 1.95 bits per heavy atom. The molecule has 9 nitrogen and oxygen atoms in total. The fraction of sp³-hybridized carbons (Fsp3) is 0.500. The van der Waals surface area contributed by atoms with Crippen LogP contribution in [0.15, 0.2) is 36.5 Å². The summed E-state index contributed by atoms with van der Waals surface area (Å²) in [4.78, 5) is 41.9. The molecule has 206 valence electrons. The molecule has 2 aromatic rings. The van der Waals surface area contributed by atoms with Gasteiger partial charge in [-0.2, -0.15) is 0 Å². The maximum atomic E-state index is 13.4. The van der Waals surface area contributed by atoms with E-state index in [0.29, 0.717) is 6.42 Å². The van der Waals surface area contributed by atoms with Crippen molar-refractivity contribution in [3.05, 3.63) is 53.6 Å². The number of unbranched alkanes of at least 4 members (excludes halogenated alkanes) is 1. The predicted molar refractivity (Wildman–Crippen MR) is 136 cm³/mol. The Labute approximate surface area is 222 Å². The minimum absolute atomic E-state index is 0.139. The van der Waals surface area contributed by atoms with E-state index in [1.807, 2.05) is 0 Å². The number of nitrogens with one attached hydrogen (secondary N) is 1. The summed E-state index contributed by atoms with van der Waals surface area (Å²) in [5.41, 5.74) is 0.715. The van der Waals surface area contributed by atoms with Crippen molar-refractivity contribution < 1.29 is 37.7 Å². The van der Waals surface area contributed by atoms with Crippen LogP contribution in [0.3, 0.4) is 0 Å². The van der Waals surface area contributed by atoms with Gasteiger partial charge in [-0.1, -0.05) is 31.9 Å². The lowest BCUT2D eigenvalue weighted by molar-refractivity contribution is -0.154. The molecule has 1 amide bonds. The van der Waals surface area contributed by atoms with Crippen molar-refractivity contribution in [3.8, 4) is 11.5 Å². The lowest BCUT2D eigenvalue weighted by atomic mass is 9.87. The minimum atomic E-state index is -1.01. The van der Waals surface area contributed by atoms with Gasteiger partial charge in [0.2, 0.25) is 5.75 Å². The second-order valence-corrected chi connectivity index (χ2v) is 9.29. The van der Waals surface area contributed by atoms with Gasteiger partial charge in [0.1, 0.15) is 18.0 Å². The Morgan fingerprint density at radius 3 is 2.61 bits per heavy atom. The van der Waals surface area contributed by atoms with E-state index in [0.717, 1.165) is 24.8 Å². The molecule has 0 bridgehead atoms. The monoisotopic (exact) mass is 530 g/mol. The highest BCUT2D eigenvalue weighted by atomic mass is 19.1. The molecule has 2 heterocycles. The van der Waals surface area contributed by atoms with E-state index in [2.05, 4.69) is 17.2 Å². The number of carbonyl (C=O) groups excluding carboxylic acids is 3. The molecule has 1 N–H and O–H groups in total. The van der Waals surface area contributed by atoms with Crippen LogP contribution >= 0.6 is 0 Å². The number of ether oxygens (including phenoxy) is 4. The highest BCUT2D eigenvalue weighted by Crippen LogP contribution is 2.30. The van der Waals surface area contributed by atoms with Crippen LogP contribution in [0.25, 0.3) is 0 Å². The summed E-state index contributed by atoms with van der Waals surface area (Å²) in [5, 5.41) is 2.65. The third-order valence-corrected chi connectivity index (χ3v) is 6.49. The first-order valence-electron chi connectivity index (χ1n) is 12.8. The highest BCUT2D eigenvalue weighted by Gasteiger charge is 2.35. The van der Waals surface area contributed by atoms with Crippen molar-refractivity contribution in [2.75, 3.05) is 13.7 Å². The number of hydrogen-bond acceptors (Lipinski definition) is 8. The lowest BCUT2D eigenvalue weighted by Crippen LogP contribution is -2.44. The van der Waals surface area contributed by atoms with Gasteiger partial charge in [0.25, 0.3) is 5.91 Å². The molecular formula is C28H35FN2O7. The Hall–Kier alpha value is -3.53. The topological polar surface area (TPSA) is 113 Å². The van der Waals surface area contributed by atoms with Crippen LogP contribution in [0.1, 0.15) is 62.5 Å². The fourth-order valence-electron chi connectivity index (χ4n) is 4.48. The van der Waals surface area contributed by atoms with E-state index in [4.69, 9.17) is 18.9 Å². The Morgan fingerprint density at radius 1 is 1.21 bits per heavy atom. The third-order valence-electron chi connectivity index (χ3n) is 6.49. The molecule has 0 saturated carbocycles. The molecule has 38 heavy (non-hydrogen) atoms. The number of carbonyl (C=O) groups is 3. The Balaban J connectivity index is 1.81. The number of aromatic nitrogens is 1. The van der Waals surface area contributed by atoms with Gasteiger partial charge in [-0.15, -0.1) is 0 Å². The third kappa shape index (κ3) is 7.74. The first kappa shape index (κ1) is 29.0. The SMILES string of the molecule is CCCC[C@H]1OCC[C@H](NC(=O)c2nccc(OC)c2OC(C)=O)C(=O)O[C@@H](C)[C@@H]1Cc1ccc(F)cc1. The number of hydrogen-bond donors (Lipinski definition) is 1. The van der Waals surface area contributed by atoms with Crippen molar-refractivity contribution in [1.29, 1.82) is 0 Å². The number of rotatable bonds is 9. The summed E-state index contributed by atoms with van der Waals surface area (Å²) in [5.74, 6) is -2.45. The van der Waals surface area contributed by atoms with Crippen LogP contribution in [0, 0.1) is 11.7 Å². The number of benzene rings is 1. The van der Waals surface area contributed by atoms with Crippen molar-refractivity contribution in [3.63, 3.8) is 0 Å².